The first kappa shape index (κ1) is 11.5. The maximum Gasteiger partial charge on any atom is 0.326 e. The molecule has 6 heteroatoms. The number of primary amides is 1. The van der Waals surface area contributed by atoms with Crippen LogP contribution in [0, 0.1) is 11.8 Å². The zero-order valence-electron chi connectivity index (χ0n) is 8.40. The number of aliphatic carboxylic acids is 1. The van der Waals surface area contributed by atoms with E-state index in [1.165, 1.54) is 0 Å². The molecule has 1 rings (SSSR count). The molecule has 1 aliphatic rings. The minimum Gasteiger partial charge on any atom is -0.480 e. The SMILES string of the molecule is CC1CC1C(=O)N[C@H](CC(N)=O)C(=O)O. The van der Waals surface area contributed by atoms with E-state index in [0.717, 1.165) is 6.42 Å². The lowest BCUT2D eigenvalue weighted by Crippen LogP contribution is -2.44. The molecule has 15 heavy (non-hydrogen) atoms. The van der Waals surface area contributed by atoms with Crippen LogP contribution in [0.25, 0.3) is 0 Å². The van der Waals surface area contributed by atoms with Crippen molar-refractivity contribution in [2.24, 2.45) is 17.6 Å². The third kappa shape index (κ3) is 3.23. The first-order valence-electron chi connectivity index (χ1n) is 4.73. The second-order valence-electron chi connectivity index (χ2n) is 3.89. The van der Waals surface area contributed by atoms with Gasteiger partial charge in [-0.05, 0) is 12.3 Å². The number of carbonyl (C=O) groups excluding carboxylic acids is 2. The number of rotatable bonds is 5. The summed E-state index contributed by atoms with van der Waals surface area (Å²) in [4.78, 5) is 32.6. The first-order valence-corrected chi connectivity index (χ1v) is 4.73. The van der Waals surface area contributed by atoms with E-state index >= 15 is 0 Å². The molecule has 1 fully saturated rings. The highest BCUT2D eigenvalue weighted by atomic mass is 16.4. The van der Waals surface area contributed by atoms with Gasteiger partial charge in [-0.15, -0.1) is 0 Å². The Balaban J connectivity index is 2.47. The molecule has 1 aliphatic carbocycles. The van der Waals surface area contributed by atoms with Gasteiger partial charge >= 0.3 is 5.97 Å². The highest BCUT2D eigenvalue weighted by Gasteiger charge is 2.40. The third-order valence-electron chi connectivity index (χ3n) is 2.47. The van der Waals surface area contributed by atoms with E-state index in [0.29, 0.717) is 5.92 Å². The summed E-state index contributed by atoms with van der Waals surface area (Å²) in [7, 11) is 0. The normalized spacial score (nSPS) is 25.4. The summed E-state index contributed by atoms with van der Waals surface area (Å²) in [6.45, 7) is 1.91. The smallest absolute Gasteiger partial charge is 0.326 e. The van der Waals surface area contributed by atoms with Gasteiger partial charge < -0.3 is 16.2 Å². The molecular formula is C9H14N2O4. The monoisotopic (exact) mass is 214 g/mol. The van der Waals surface area contributed by atoms with Crippen molar-refractivity contribution >= 4 is 17.8 Å². The minimum absolute atomic E-state index is 0.111. The second-order valence-corrected chi connectivity index (χ2v) is 3.89. The molecular weight excluding hydrogens is 200 g/mol. The Kier molecular flexibility index (Phi) is 3.28. The first-order chi connectivity index (χ1) is 6.91. The second kappa shape index (κ2) is 4.29. The Morgan fingerprint density at radius 2 is 2.07 bits per heavy atom. The van der Waals surface area contributed by atoms with E-state index in [9.17, 15) is 14.4 Å². The predicted octanol–water partition coefficient (Wildman–Crippen LogP) is -0.913. The number of amides is 2. The number of carboxylic acids is 1. The molecule has 0 aromatic heterocycles. The van der Waals surface area contributed by atoms with Gasteiger partial charge in [0, 0.05) is 5.92 Å². The summed E-state index contributed by atoms with van der Waals surface area (Å²) < 4.78 is 0. The third-order valence-corrected chi connectivity index (χ3v) is 2.47. The van der Waals surface area contributed by atoms with Gasteiger partial charge in [0.15, 0.2) is 0 Å². The molecule has 3 atom stereocenters. The molecule has 84 valence electrons. The van der Waals surface area contributed by atoms with Crippen LogP contribution in [0.2, 0.25) is 0 Å². The summed E-state index contributed by atoms with van der Waals surface area (Å²) in [6, 6.07) is -1.21. The average molecular weight is 214 g/mol. The number of carboxylic acid groups (broad SMARTS) is 1. The summed E-state index contributed by atoms with van der Waals surface area (Å²) in [6.07, 6.45) is 0.400. The lowest BCUT2D eigenvalue weighted by molar-refractivity contribution is -0.143. The summed E-state index contributed by atoms with van der Waals surface area (Å²) in [5.74, 6) is -2.11. The van der Waals surface area contributed by atoms with Crippen LogP contribution < -0.4 is 11.1 Å². The van der Waals surface area contributed by atoms with Crippen LogP contribution in [0.3, 0.4) is 0 Å². The van der Waals surface area contributed by atoms with Gasteiger partial charge in [-0.3, -0.25) is 9.59 Å². The summed E-state index contributed by atoms with van der Waals surface area (Å²) in [5, 5.41) is 11.0. The van der Waals surface area contributed by atoms with Crippen LogP contribution >= 0.6 is 0 Å². The highest BCUT2D eigenvalue weighted by Crippen LogP contribution is 2.37. The van der Waals surface area contributed by atoms with E-state index in [1.807, 2.05) is 6.92 Å². The number of nitrogens with one attached hydrogen (secondary N) is 1. The molecule has 2 amide bonds. The molecule has 6 nitrogen and oxygen atoms in total. The maximum atomic E-state index is 11.4. The van der Waals surface area contributed by atoms with Crippen molar-refractivity contribution < 1.29 is 19.5 Å². The molecule has 0 aliphatic heterocycles. The molecule has 0 aromatic carbocycles. The number of hydrogen-bond acceptors (Lipinski definition) is 3. The average Bonchev–Trinajstić information content (AvgIpc) is 2.80. The summed E-state index contributed by atoms with van der Waals surface area (Å²) >= 11 is 0. The number of hydrogen-bond donors (Lipinski definition) is 3. The van der Waals surface area contributed by atoms with Gasteiger partial charge in [-0.1, -0.05) is 6.92 Å². The van der Waals surface area contributed by atoms with Gasteiger partial charge in [0.2, 0.25) is 11.8 Å². The van der Waals surface area contributed by atoms with Crippen LogP contribution in [0.1, 0.15) is 19.8 Å². The molecule has 0 spiro atoms. The Morgan fingerprint density at radius 3 is 2.40 bits per heavy atom. The minimum atomic E-state index is -1.24. The molecule has 0 aromatic rings. The van der Waals surface area contributed by atoms with Gasteiger partial charge in [-0.2, -0.15) is 0 Å². The highest BCUT2D eigenvalue weighted by molar-refractivity contribution is 5.89. The lowest BCUT2D eigenvalue weighted by atomic mass is 10.2. The van der Waals surface area contributed by atoms with Crippen molar-refractivity contribution in [2.45, 2.75) is 25.8 Å². The molecule has 1 saturated carbocycles. The largest absolute Gasteiger partial charge is 0.480 e. The quantitative estimate of drug-likeness (QED) is 0.550. The van der Waals surface area contributed by atoms with Crippen LogP contribution in [0.4, 0.5) is 0 Å². The van der Waals surface area contributed by atoms with Gasteiger partial charge in [-0.25, -0.2) is 4.79 Å². The fourth-order valence-electron chi connectivity index (χ4n) is 1.37. The maximum absolute atomic E-state index is 11.4. The molecule has 0 heterocycles. The topological polar surface area (TPSA) is 109 Å². The van der Waals surface area contributed by atoms with Crippen molar-refractivity contribution in [2.75, 3.05) is 0 Å². The van der Waals surface area contributed by atoms with Gasteiger partial charge in [0.05, 0.1) is 6.42 Å². The number of carbonyl (C=O) groups is 3. The van der Waals surface area contributed by atoms with E-state index in [1.54, 1.807) is 0 Å². The predicted molar refractivity (Wildman–Crippen MR) is 50.6 cm³/mol. The number of nitrogens with two attached hydrogens (primary N) is 1. The zero-order chi connectivity index (χ0) is 11.6. The van der Waals surface area contributed by atoms with Crippen LogP contribution in [-0.2, 0) is 14.4 Å². The lowest BCUT2D eigenvalue weighted by Gasteiger charge is -2.12. The molecule has 0 saturated heterocycles. The van der Waals surface area contributed by atoms with Gasteiger partial charge in [0.25, 0.3) is 0 Å². The zero-order valence-corrected chi connectivity index (χ0v) is 8.40. The Morgan fingerprint density at radius 1 is 1.53 bits per heavy atom. The Hall–Kier alpha value is -1.59. The van der Waals surface area contributed by atoms with Crippen molar-refractivity contribution in [3.8, 4) is 0 Å². The molecule has 0 radical (unpaired) electrons. The van der Waals surface area contributed by atoms with E-state index in [2.05, 4.69) is 5.32 Å². The van der Waals surface area contributed by atoms with Crippen LogP contribution in [0.15, 0.2) is 0 Å². The standard InChI is InChI=1S/C9H14N2O4/c1-4-2-5(4)8(13)11-6(9(14)15)3-7(10)12/h4-6H,2-3H2,1H3,(H2,10,12)(H,11,13)(H,14,15)/t4?,5?,6-/m1/s1. The fraction of sp³-hybridized carbons (Fsp3) is 0.667. The molecule has 2 unspecified atom stereocenters. The fourth-order valence-corrected chi connectivity index (χ4v) is 1.37. The summed E-state index contributed by atoms with van der Waals surface area (Å²) in [5.41, 5.74) is 4.87. The Bertz CT molecular complexity index is 302. The van der Waals surface area contributed by atoms with Crippen LogP contribution in [-0.4, -0.2) is 28.9 Å². The van der Waals surface area contributed by atoms with Crippen molar-refractivity contribution in [3.63, 3.8) is 0 Å². The van der Waals surface area contributed by atoms with E-state index < -0.39 is 17.9 Å². The van der Waals surface area contributed by atoms with Crippen molar-refractivity contribution in [1.82, 2.24) is 5.32 Å². The van der Waals surface area contributed by atoms with Gasteiger partial charge in [0.1, 0.15) is 6.04 Å². The molecule has 0 bridgehead atoms. The van der Waals surface area contributed by atoms with E-state index in [4.69, 9.17) is 10.8 Å². The Labute approximate surface area is 86.8 Å². The van der Waals surface area contributed by atoms with E-state index in [-0.39, 0.29) is 18.2 Å². The molecule has 4 N–H and O–H groups in total. The van der Waals surface area contributed by atoms with Crippen molar-refractivity contribution in [1.29, 1.82) is 0 Å². The van der Waals surface area contributed by atoms with Crippen molar-refractivity contribution in [3.05, 3.63) is 0 Å². The van der Waals surface area contributed by atoms with Crippen LogP contribution in [0.5, 0.6) is 0 Å².